The second-order valence-corrected chi connectivity index (χ2v) is 5.48. The fraction of sp³-hybridized carbons (Fsp3) is 0.500. The number of hydrogen-bond donors (Lipinski definition) is 0. The maximum absolute atomic E-state index is 2.34. The molecular weight excluding hydrogens is 192 g/mol. The molecular formula is C16H24. The van der Waals surface area contributed by atoms with Crippen molar-refractivity contribution in [2.24, 2.45) is 5.41 Å². The number of allylic oxidation sites excluding steroid dienone is 8. The molecule has 0 amide bonds. The molecule has 0 bridgehead atoms. The smallest absolute Gasteiger partial charge is 0.00942 e. The molecule has 0 saturated carbocycles. The zero-order valence-corrected chi connectivity index (χ0v) is 11.3. The summed E-state index contributed by atoms with van der Waals surface area (Å²) in [6.45, 7) is 11.4. The molecule has 0 nitrogen and oxygen atoms in total. The summed E-state index contributed by atoms with van der Waals surface area (Å²) in [5.74, 6) is 0. The maximum Gasteiger partial charge on any atom is -0.00942 e. The minimum atomic E-state index is 0.282. The summed E-state index contributed by atoms with van der Waals surface area (Å²) in [6.07, 6.45) is 13.2. The summed E-state index contributed by atoms with van der Waals surface area (Å²) in [5.41, 5.74) is 4.69. The van der Waals surface area contributed by atoms with Crippen molar-refractivity contribution in [2.45, 2.75) is 47.5 Å². The molecule has 0 N–H and O–H groups in total. The van der Waals surface area contributed by atoms with E-state index in [0.717, 1.165) is 12.8 Å². The van der Waals surface area contributed by atoms with Crippen molar-refractivity contribution in [2.75, 3.05) is 0 Å². The fourth-order valence-electron chi connectivity index (χ4n) is 2.40. The van der Waals surface area contributed by atoms with Crippen molar-refractivity contribution >= 4 is 0 Å². The minimum Gasteiger partial charge on any atom is -0.0801 e. The lowest BCUT2D eigenvalue weighted by molar-refractivity contribution is 0.484. The van der Waals surface area contributed by atoms with Gasteiger partial charge in [-0.05, 0) is 30.8 Å². The zero-order chi connectivity index (χ0) is 12.2. The molecule has 0 heterocycles. The van der Waals surface area contributed by atoms with Crippen LogP contribution >= 0.6 is 0 Å². The van der Waals surface area contributed by atoms with Crippen molar-refractivity contribution < 1.29 is 0 Å². The van der Waals surface area contributed by atoms with E-state index in [-0.39, 0.29) is 5.41 Å². The van der Waals surface area contributed by atoms with Crippen molar-refractivity contribution in [1.82, 2.24) is 0 Å². The molecule has 0 aliphatic heterocycles. The molecule has 1 aliphatic carbocycles. The third-order valence-corrected chi connectivity index (χ3v) is 3.05. The topological polar surface area (TPSA) is 0 Å². The fourth-order valence-corrected chi connectivity index (χ4v) is 2.40. The van der Waals surface area contributed by atoms with Crippen LogP contribution in [0.2, 0.25) is 0 Å². The van der Waals surface area contributed by atoms with E-state index in [0.29, 0.717) is 0 Å². The number of hydrogen-bond acceptors (Lipinski definition) is 0. The third kappa shape index (κ3) is 3.52. The lowest BCUT2D eigenvalue weighted by Gasteiger charge is -2.24. The molecule has 0 saturated heterocycles. The van der Waals surface area contributed by atoms with Crippen LogP contribution in [0.5, 0.6) is 0 Å². The first kappa shape index (κ1) is 13.0. The van der Waals surface area contributed by atoms with Gasteiger partial charge in [0.2, 0.25) is 0 Å². The maximum atomic E-state index is 2.34. The summed E-state index contributed by atoms with van der Waals surface area (Å²) < 4.78 is 0. The van der Waals surface area contributed by atoms with E-state index in [4.69, 9.17) is 0 Å². The van der Waals surface area contributed by atoms with Crippen LogP contribution < -0.4 is 0 Å². The Morgan fingerprint density at radius 1 is 1.31 bits per heavy atom. The van der Waals surface area contributed by atoms with Crippen molar-refractivity contribution in [3.8, 4) is 0 Å². The second kappa shape index (κ2) is 5.34. The Hall–Kier alpha value is -1.04. The van der Waals surface area contributed by atoms with Crippen LogP contribution in [-0.4, -0.2) is 0 Å². The minimum absolute atomic E-state index is 0.282. The summed E-state index contributed by atoms with van der Waals surface area (Å²) in [5, 5.41) is 0. The van der Waals surface area contributed by atoms with E-state index in [9.17, 15) is 0 Å². The first-order valence-corrected chi connectivity index (χ1v) is 6.19. The standard InChI is InChI=1S/C16H24/c1-6-15(16(3,4)5)13(2)12-14-10-8-7-9-11-14/h7-10,12H,6,11H2,1-5H3. The molecule has 1 aliphatic rings. The van der Waals surface area contributed by atoms with Crippen molar-refractivity contribution in [3.63, 3.8) is 0 Å². The van der Waals surface area contributed by atoms with Crippen molar-refractivity contribution in [1.29, 1.82) is 0 Å². The Balaban J connectivity index is 2.98. The van der Waals surface area contributed by atoms with Gasteiger partial charge in [0, 0.05) is 0 Å². The molecule has 0 heteroatoms. The third-order valence-electron chi connectivity index (χ3n) is 3.05. The van der Waals surface area contributed by atoms with E-state index < -0.39 is 0 Å². The van der Waals surface area contributed by atoms with Crippen LogP contribution in [0.1, 0.15) is 47.5 Å². The average molecular weight is 216 g/mol. The Labute approximate surface area is 100 Å². The summed E-state index contributed by atoms with van der Waals surface area (Å²) in [4.78, 5) is 0. The van der Waals surface area contributed by atoms with Gasteiger partial charge in [0.05, 0.1) is 0 Å². The zero-order valence-electron chi connectivity index (χ0n) is 11.3. The molecule has 0 aromatic carbocycles. The first-order chi connectivity index (χ1) is 7.45. The highest BCUT2D eigenvalue weighted by Gasteiger charge is 2.16. The molecule has 16 heavy (non-hydrogen) atoms. The highest BCUT2D eigenvalue weighted by atomic mass is 14.2. The van der Waals surface area contributed by atoms with E-state index >= 15 is 0 Å². The van der Waals surface area contributed by atoms with Crippen LogP contribution in [0.15, 0.2) is 47.1 Å². The quantitative estimate of drug-likeness (QED) is 0.595. The predicted octanol–water partition coefficient (Wildman–Crippen LogP) is 5.20. The lowest BCUT2D eigenvalue weighted by atomic mass is 9.81. The first-order valence-electron chi connectivity index (χ1n) is 6.19. The van der Waals surface area contributed by atoms with Gasteiger partial charge in [0.15, 0.2) is 0 Å². The molecule has 0 aromatic rings. The van der Waals surface area contributed by atoms with Crippen LogP contribution in [-0.2, 0) is 0 Å². The second-order valence-electron chi connectivity index (χ2n) is 5.48. The summed E-state index contributed by atoms with van der Waals surface area (Å²) in [7, 11) is 0. The molecule has 1 rings (SSSR count). The van der Waals surface area contributed by atoms with Gasteiger partial charge in [-0.3, -0.25) is 0 Å². The van der Waals surface area contributed by atoms with Gasteiger partial charge in [0.25, 0.3) is 0 Å². The molecule has 0 aromatic heterocycles. The summed E-state index contributed by atoms with van der Waals surface area (Å²) in [6, 6.07) is 0. The van der Waals surface area contributed by atoms with Crippen LogP contribution in [0.25, 0.3) is 0 Å². The van der Waals surface area contributed by atoms with Gasteiger partial charge in [0.1, 0.15) is 0 Å². The van der Waals surface area contributed by atoms with Gasteiger partial charge in [-0.1, -0.05) is 69.2 Å². The summed E-state index contributed by atoms with van der Waals surface area (Å²) >= 11 is 0. The van der Waals surface area contributed by atoms with Crippen LogP contribution in [0.3, 0.4) is 0 Å². The molecule has 0 radical (unpaired) electrons. The Morgan fingerprint density at radius 2 is 2.00 bits per heavy atom. The van der Waals surface area contributed by atoms with Gasteiger partial charge < -0.3 is 0 Å². The SMILES string of the molecule is CCC(=C(C)C=C1C=CC=CC1)C(C)(C)C. The predicted molar refractivity (Wildman–Crippen MR) is 73.4 cm³/mol. The molecule has 0 unspecified atom stereocenters. The highest BCUT2D eigenvalue weighted by Crippen LogP contribution is 2.31. The Kier molecular flexibility index (Phi) is 4.35. The number of rotatable bonds is 2. The normalized spacial score (nSPS) is 20.2. The van der Waals surface area contributed by atoms with Crippen LogP contribution in [0, 0.1) is 5.41 Å². The molecule has 0 fully saturated rings. The van der Waals surface area contributed by atoms with Gasteiger partial charge in [-0.15, -0.1) is 0 Å². The van der Waals surface area contributed by atoms with E-state index in [1.165, 1.54) is 11.1 Å². The van der Waals surface area contributed by atoms with Gasteiger partial charge in [-0.25, -0.2) is 0 Å². The van der Waals surface area contributed by atoms with Gasteiger partial charge in [-0.2, -0.15) is 0 Å². The lowest BCUT2D eigenvalue weighted by Crippen LogP contribution is -2.10. The Morgan fingerprint density at radius 3 is 2.44 bits per heavy atom. The van der Waals surface area contributed by atoms with E-state index in [1.54, 1.807) is 5.57 Å². The van der Waals surface area contributed by atoms with E-state index in [1.807, 2.05) is 0 Å². The van der Waals surface area contributed by atoms with E-state index in [2.05, 4.69) is 65.0 Å². The molecule has 0 spiro atoms. The van der Waals surface area contributed by atoms with Crippen molar-refractivity contribution in [3.05, 3.63) is 47.1 Å². The van der Waals surface area contributed by atoms with Gasteiger partial charge >= 0.3 is 0 Å². The van der Waals surface area contributed by atoms with Crippen LogP contribution in [0.4, 0.5) is 0 Å². The monoisotopic (exact) mass is 216 g/mol. The molecule has 0 atom stereocenters. The average Bonchev–Trinajstić information content (AvgIpc) is 2.17. The largest absolute Gasteiger partial charge is 0.0801 e. The molecule has 88 valence electrons. The Bertz CT molecular complexity index is 354. The highest BCUT2D eigenvalue weighted by molar-refractivity contribution is 5.38.